The van der Waals surface area contributed by atoms with Crippen LogP contribution in [0.15, 0.2) is 30.3 Å². The summed E-state index contributed by atoms with van der Waals surface area (Å²) >= 11 is 0. The van der Waals surface area contributed by atoms with E-state index < -0.39 is 35.9 Å². The average molecular weight is 704 g/mol. The van der Waals surface area contributed by atoms with Crippen molar-refractivity contribution in [1.29, 1.82) is 0 Å². The van der Waals surface area contributed by atoms with Crippen LogP contribution >= 0.6 is 0 Å². The number of carbonyl (C=O) groups excluding carboxylic acids is 5. The van der Waals surface area contributed by atoms with Crippen LogP contribution in [-0.4, -0.2) is 116 Å². The summed E-state index contributed by atoms with van der Waals surface area (Å²) in [5, 5.41) is 22.7. The maximum absolute atomic E-state index is 13.0. The quantitative estimate of drug-likeness (QED) is 0.0472. The van der Waals surface area contributed by atoms with Crippen molar-refractivity contribution in [2.24, 2.45) is 5.92 Å². The van der Waals surface area contributed by atoms with Crippen molar-refractivity contribution in [3.63, 3.8) is 0 Å². The summed E-state index contributed by atoms with van der Waals surface area (Å²) in [6, 6.07) is 7.48. The van der Waals surface area contributed by atoms with Crippen molar-refractivity contribution in [3.8, 4) is 0 Å². The number of aldehydes is 1. The van der Waals surface area contributed by atoms with Crippen molar-refractivity contribution >= 4 is 46.8 Å². The molecule has 0 radical (unpaired) electrons. The SMILES string of the molecule is CNN(C)Cc1cc2ccccc2n1CCC(=O)NC(CCC(=O)O)C(=O)NCCOCCOCCC(=O)NC(C(=O)NC(C)C=O)C(C)C. The molecule has 278 valence electrons. The fourth-order valence-corrected chi connectivity index (χ4v) is 4.99. The van der Waals surface area contributed by atoms with E-state index in [2.05, 4.69) is 37.3 Å². The zero-order chi connectivity index (χ0) is 37.1. The van der Waals surface area contributed by atoms with E-state index in [1.807, 2.05) is 43.4 Å². The van der Waals surface area contributed by atoms with Gasteiger partial charge in [-0.15, -0.1) is 0 Å². The first-order valence-electron chi connectivity index (χ1n) is 16.8. The number of carboxylic acids is 1. The number of nitrogens with one attached hydrogen (secondary N) is 5. The highest BCUT2D eigenvalue weighted by atomic mass is 16.5. The Balaban J connectivity index is 1.74. The summed E-state index contributed by atoms with van der Waals surface area (Å²) in [7, 11) is 3.74. The molecule has 3 atom stereocenters. The fourth-order valence-electron chi connectivity index (χ4n) is 4.99. The van der Waals surface area contributed by atoms with Gasteiger partial charge in [-0.3, -0.25) is 29.4 Å². The molecule has 3 unspecified atom stereocenters. The highest BCUT2D eigenvalue weighted by Crippen LogP contribution is 2.21. The first-order valence-corrected chi connectivity index (χ1v) is 16.8. The predicted molar refractivity (Wildman–Crippen MR) is 186 cm³/mol. The first kappa shape index (κ1) is 41.8. The number of amides is 4. The number of para-hydroxylation sites is 1. The van der Waals surface area contributed by atoms with Gasteiger partial charge in [0.25, 0.3) is 0 Å². The van der Waals surface area contributed by atoms with Gasteiger partial charge in [0, 0.05) is 50.6 Å². The number of carboxylic acid groups (broad SMARTS) is 1. The van der Waals surface area contributed by atoms with Gasteiger partial charge in [-0.05, 0) is 43.8 Å². The number of ether oxygens (including phenoxy) is 2. The molecular formula is C34H53N7O9. The predicted octanol–water partition coefficient (Wildman–Crippen LogP) is 0.331. The number of rotatable bonds is 25. The molecule has 0 saturated carbocycles. The van der Waals surface area contributed by atoms with Crippen LogP contribution in [0.2, 0.25) is 0 Å². The van der Waals surface area contributed by atoms with Gasteiger partial charge in [0.1, 0.15) is 18.4 Å². The molecule has 0 saturated heterocycles. The Labute approximate surface area is 292 Å². The normalized spacial score (nSPS) is 13.1. The summed E-state index contributed by atoms with van der Waals surface area (Å²) in [5.74, 6) is -2.96. The van der Waals surface area contributed by atoms with E-state index in [-0.39, 0.29) is 76.4 Å². The summed E-state index contributed by atoms with van der Waals surface area (Å²) < 4.78 is 13.0. The molecule has 16 heteroatoms. The Morgan fingerprint density at radius 3 is 2.24 bits per heavy atom. The number of hydrogen-bond donors (Lipinski definition) is 6. The average Bonchev–Trinajstić information content (AvgIpc) is 3.42. The molecule has 1 heterocycles. The molecule has 6 N–H and O–H groups in total. The number of aromatic nitrogens is 1. The maximum Gasteiger partial charge on any atom is 0.303 e. The van der Waals surface area contributed by atoms with Crippen LogP contribution in [0.5, 0.6) is 0 Å². The molecule has 1 aromatic carbocycles. The zero-order valence-corrected chi connectivity index (χ0v) is 29.7. The second-order valence-corrected chi connectivity index (χ2v) is 12.2. The van der Waals surface area contributed by atoms with Crippen LogP contribution in [-0.2, 0) is 51.3 Å². The van der Waals surface area contributed by atoms with Gasteiger partial charge < -0.3 is 45.2 Å². The molecule has 0 bridgehead atoms. The second-order valence-electron chi connectivity index (χ2n) is 12.2. The third-order valence-corrected chi connectivity index (χ3v) is 7.77. The van der Waals surface area contributed by atoms with E-state index >= 15 is 0 Å². The molecule has 50 heavy (non-hydrogen) atoms. The van der Waals surface area contributed by atoms with E-state index in [0.29, 0.717) is 19.4 Å². The second kappa shape index (κ2) is 22.4. The maximum atomic E-state index is 13.0. The summed E-state index contributed by atoms with van der Waals surface area (Å²) in [4.78, 5) is 72.5. The molecule has 0 aliphatic carbocycles. The highest BCUT2D eigenvalue weighted by molar-refractivity contribution is 5.89. The number of nitrogens with zero attached hydrogens (tertiary/aromatic N) is 2. The van der Waals surface area contributed by atoms with Gasteiger partial charge in [-0.2, -0.15) is 0 Å². The fraction of sp³-hybridized carbons (Fsp3) is 0.588. The molecule has 1 aromatic heterocycles. The van der Waals surface area contributed by atoms with Crippen LogP contribution in [0.25, 0.3) is 10.9 Å². The smallest absolute Gasteiger partial charge is 0.303 e. The minimum Gasteiger partial charge on any atom is -0.481 e. The van der Waals surface area contributed by atoms with Crippen LogP contribution in [0, 0.1) is 5.92 Å². The molecule has 0 spiro atoms. The molecule has 16 nitrogen and oxygen atoms in total. The van der Waals surface area contributed by atoms with E-state index in [1.54, 1.807) is 20.8 Å². The van der Waals surface area contributed by atoms with Crippen LogP contribution in [0.3, 0.4) is 0 Å². The third kappa shape index (κ3) is 15.0. The van der Waals surface area contributed by atoms with Crippen LogP contribution in [0.1, 0.15) is 52.1 Å². The van der Waals surface area contributed by atoms with Gasteiger partial charge in [-0.1, -0.05) is 32.0 Å². The Bertz CT molecular complexity index is 1410. The first-order chi connectivity index (χ1) is 23.9. The summed E-state index contributed by atoms with van der Waals surface area (Å²) in [6.07, 6.45) is 0.356. The molecule has 4 amide bonds. The van der Waals surface area contributed by atoms with Gasteiger partial charge in [-0.25, -0.2) is 5.01 Å². The van der Waals surface area contributed by atoms with Gasteiger partial charge in [0.2, 0.25) is 23.6 Å². The minimum atomic E-state index is -1.08. The number of hydrogen-bond acceptors (Lipinski definition) is 10. The van der Waals surface area contributed by atoms with Crippen molar-refractivity contribution in [1.82, 2.24) is 36.3 Å². The lowest BCUT2D eigenvalue weighted by molar-refractivity contribution is -0.138. The molecule has 0 aliphatic rings. The van der Waals surface area contributed by atoms with E-state index in [9.17, 15) is 33.9 Å². The third-order valence-electron chi connectivity index (χ3n) is 7.77. The molecule has 2 aromatic rings. The standard InChI is InChI=1S/C34H53N7O9/c1-23(2)32(34(48)37-24(3)22-42)39-30(44)13-16-49-18-19-50-17-14-36-33(47)27(10-11-31(45)46)38-29(43)12-15-41-26(21-40(5)35-4)20-25-8-6-7-9-28(25)41/h6-9,20,22-24,27,32,35H,10-19,21H2,1-5H3,(H,36,47)(H,37,48)(H,38,43)(H,39,44)(H,45,46). The summed E-state index contributed by atoms with van der Waals surface area (Å²) in [5.41, 5.74) is 5.06. The monoisotopic (exact) mass is 703 g/mol. The zero-order valence-electron chi connectivity index (χ0n) is 29.7. The van der Waals surface area contributed by atoms with E-state index in [1.165, 1.54) is 0 Å². The van der Waals surface area contributed by atoms with Gasteiger partial charge in [0.05, 0.1) is 39.0 Å². The number of fused-ring (bicyclic) bond motifs is 1. The highest BCUT2D eigenvalue weighted by Gasteiger charge is 2.25. The molecular weight excluding hydrogens is 650 g/mol. The van der Waals surface area contributed by atoms with E-state index in [4.69, 9.17) is 9.47 Å². The van der Waals surface area contributed by atoms with Crippen molar-refractivity contribution in [2.75, 3.05) is 47.1 Å². The Kier molecular flexibility index (Phi) is 18.7. The molecule has 0 aliphatic heterocycles. The van der Waals surface area contributed by atoms with E-state index in [0.717, 1.165) is 16.6 Å². The molecule has 2 rings (SSSR count). The topological polar surface area (TPSA) is 209 Å². The largest absolute Gasteiger partial charge is 0.481 e. The van der Waals surface area contributed by atoms with Crippen LogP contribution < -0.4 is 26.7 Å². The lowest BCUT2D eigenvalue weighted by Crippen LogP contribution is -2.52. The minimum absolute atomic E-state index is 0.0239. The summed E-state index contributed by atoms with van der Waals surface area (Å²) in [6.45, 7) is 6.84. The van der Waals surface area contributed by atoms with Crippen LogP contribution in [0.4, 0.5) is 0 Å². The molecule has 0 fully saturated rings. The number of aliphatic carboxylic acids is 1. The lowest BCUT2D eigenvalue weighted by atomic mass is 10.0. The number of aryl methyl sites for hydroxylation is 1. The van der Waals surface area contributed by atoms with Gasteiger partial charge in [0.15, 0.2) is 0 Å². The lowest BCUT2D eigenvalue weighted by Gasteiger charge is -2.22. The number of benzene rings is 1. The van der Waals surface area contributed by atoms with Crippen molar-refractivity contribution in [3.05, 3.63) is 36.0 Å². The Morgan fingerprint density at radius 2 is 1.58 bits per heavy atom. The van der Waals surface area contributed by atoms with Gasteiger partial charge >= 0.3 is 5.97 Å². The van der Waals surface area contributed by atoms with Crippen molar-refractivity contribution < 1.29 is 43.3 Å². The van der Waals surface area contributed by atoms with Crippen molar-refractivity contribution in [2.45, 2.75) is 77.7 Å². The number of hydrazine groups is 1. The Hall–Kier alpha value is -4.38. The Morgan fingerprint density at radius 1 is 0.900 bits per heavy atom. The number of carbonyl (C=O) groups is 6.